The predicted octanol–water partition coefficient (Wildman–Crippen LogP) is 3.19. The fraction of sp³-hybridized carbons (Fsp3) is 0.200. The van der Waals surface area contributed by atoms with Crippen molar-refractivity contribution in [2.24, 2.45) is 0 Å². The molecule has 26 heavy (non-hydrogen) atoms. The zero-order valence-corrected chi connectivity index (χ0v) is 14.3. The fourth-order valence-electron chi connectivity index (χ4n) is 3.22. The van der Waals surface area contributed by atoms with Gasteiger partial charge < -0.3 is 15.5 Å². The summed E-state index contributed by atoms with van der Waals surface area (Å²) in [6.45, 7) is 3.54. The summed E-state index contributed by atoms with van der Waals surface area (Å²) in [4.78, 5) is 13.4. The number of aromatic nitrogens is 2. The highest BCUT2D eigenvalue weighted by Gasteiger charge is 2.19. The molecule has 0 atom stereocenters. The van der Waals surface area contributed by atoms with Crippen LogP contribution in [0.5, 0.6) is 0 Å². The van der Waals surface area contributed by atoms with Crippen LogP contribution in [-0.4, -0.2) is 36.1 Å². The predicted molar refractivity (Wildman–Crippen MR) is 103 cm³/mol. The number of nitrogen functional groups attached to an aromatic ring is 1. The average Bonchev–Trinajstić information content (AvgIpc) is 2.69. The molecule has 2 aromatic heterocycles. The number of halogens is 1. The Morgan fingerprint density at radius 3 is 2.31 bits per heavy atom. The van der Waals surface area contributed by atoms with Gasteiger partial charge in [-0.3, -0.25) is 0 Å². The third-order valence-electron chi connectivity index (χ3n) is 4.59. The number of piperazine rings is 1. The molecule has 2 N–H and O–H groups in total. The molecule has 0 amide bonds. The molecular weight excluding hydrogens is 329 g/mol. The van der Waals surface area contributed by atoms with Crippen LogP contribution in [0.2, 0.25) is 0 Å². The molecule has 0 saturated carbocycles. The molecular formula is C20H20FN5. The number of pyridine rings is 2. The lowest BCUT2D eigenvalue weighted by Gasteiger charge is -2.36. The maximum absolute atomic E-state index is 13.2. The molecule has 5 nitrogen and oxygen atoms in total. The van der Waals surface area contributed by atoms with Crippen molar-refractivity contribution in [1.29, 1.82) is 0 Å². The molecule has 0 unspecified atom stereocenters. The van der Waals surface area contributed by atoms with E-state index >= 15 is 0 Å². The zero-order chi connectivity index (χ0) is 17.9. The molecule has 4 rings (SSSR count). The van der Waals surface area contributed by atoms with Gasteiger partial charge in [0.25, 0.3) is 0 Å². The Balaban J connectivity index is 1.53. The van der Waals surface area contributed by atoms with Gasteiger partial charge in [-0.25, -0.2) is 14.4 Å². The molecule has 132 valence electrons. The highest BCUT2D eigenvalue weighted by Crippen LogP contribution is 2.26. The Bertz CT molecular complexity index is 874. The Kier molecular flexibility index (Phi) is 4.39. The van der Waals surface area contributed by atoms with E-state index in [9.17, 15) is 4.39 Å². The average molecular weight is 349 g/mol. The first-order valence-corrected chi connectivity index (χ1v) is 8.63. The maximum Gasteiger partial charge on any atom is 0.128 e. The third kappa shape index (κ3) is 3.44. The van der Waals surface area contributed by atoms with Crippen LogP contribution in [0, 0.1) is 5.82 Å². The van der Waals surface area contributed by atoms with Crippen molar-refractivity contribution in [3.63, 3.8) is 0 Å². The Labute approximate surface area is 151 Å². The second-order valence-corrected chi connectivity index (χ2v) is 6.30. The Morgan fingerprint density at radius 1 is 0.885 bits per heavy atom. The first kappa shape index (κ1) is 16.3. The first-order chi connectivity index (χ1) is 12.7. The standard InChI is InChI=1S/C20H20FN5/c21-16-6-4-15(5-7-16)18-13-17(14-19(22)24-18)25-9-11-26(12-10-25)20-3-1-2-8-23-20/h1-8,13-14H,9-12H2,(H2,22,24). The molecule has 0 radical (unpaired) electrons. The van der Waals surface area contributed by atoms with Crippen LogP contribution in [0.4, 0.5) is 21.7 Å². The molecule has 0 spiro atoms. The van der Waals surface area contributed by atoms with Gasteiger partial charge in [0.05, 0.1) is 5.69 Å². The van der Waals surface area contributed by atoms with Crippen LogP contribution < -0.4 is 15.5 Å². The largest absolute Gasteiger partial charge is 0.384 e. The fourth-order valence-corrected chi connectivity index (χ4v) is 3.22. The van der Waals surface area contributed by atoms with E-state index in [4.69, 9.17) is 5.73 Å². The summed E-state index contributed by atoms with van der Waals surface area (Å²) in [5, 5.41) is 0. The van der Waals surface area contributed by atoms with Gasteiger partial charge in [-0.05, 0) is 42.5 Å². The van der Waals surface area contributed by atoms with Crippen molar-refractivity contribution in [1.82, 2.24) is 9.97 Å². The summed E-state index contributed by atoms with van der Waals surface area (Å²) in [5.41, 5.74) is 8.67. The lowest BCUT2D eigenvalue weighted by atomic mass is 10.1. The van der Waals surface area contributed by atoms with Crippen molar-refractivity contribution in [2.75, 3.05) is 41.7 Å². The van der Waals surface area contributed by atoms with Gasteiger partial charge in [-0.15, -0.1) is 0 Å². The van der Waals surface area contributed by atoms with Gasteiger partial charge in [0, 0.05) is 49.7 Å². The SMILES string of the molecule is Nc1cc(N2CCN(c3ccccn3)CC2)cc(-c2ccc(F)cc2)n1. The van der Waals surface area contributed by atoms with Gasteiger partial charge >= 0.3 is 0 Å². The zero-order valence-electron chi connectivity index (χ0n) is 14.3. The van der Waals surface area contributed by atoms with E-state index in [2.05, 4.69) is 19.8 Å². The van der Waals surface area contributed by atoms with E-state index in [0.29, 0.717) is 5.82 Å². The lowest BCUT2D eigenvalue weighted by molar-refractivity contribution is 0.628. The molecule has 1 aliphatic rings. The third-order valence-corrected chi connectivity index (χ3v) is 4.59. The Morgan fingerprint density at radius 2 is 1.62 bits per heavy atom. The van der Waals surface area contributed by atoms with Crippen LogP contribution in [0.25, 0.3) is 11.3 Å². The second-order valence-electron chi connectivity index (χ2n) is 6.30. The number of nitrogens with zero attached hydrogens (tertiary/aromatic N) is 4. The molecule has 1 aromatic carbocycles. The van der Waals surface area contributed by atoms with E-state index in [1.54, 1.807) is 12.1 Å². The highest BCUT2D eigenvalue weighted by molar-refractivity contribution is 5.68. The minimum absolute atomic E-state index is 0.261. The van der Waals surface area contributed by atoms with E-state index in [1.165, 1.54) is 12.1 Å². The van der Waals surface area contributed by atoms with Crippen molar-refractivity contribution >= 4 is 17.3 Å². The van der Waals surface area contributed by atoms with Gasteiger partial charge in [0.15, 0.2) is 0 Å². The monoisotopic (exact) mass is 349 g/mol. The molecule has 1 aliphatic heterocycles. The number of anilines is 3. The van der Waals surface area contributed by atoms with Gasteiger partial charge in [-0.1, -0.05) is 6.07 Å². The molecule has 0 bridgehead atoms. The van der Waals surface area contributed by atoms with Crippen LogP contribution >= 0.6 is 0 Å². The highest BCUT2D eigenvalue weighted by atomic mass is 19.1. The molecule has 6 heteroatoms. The second kappa shape index (κ2) is 7.00. The summed E-state index contributed by atoms with van der Waals surface area (Å²) < 4.78 is 13.2. The molecule has 3 heterocycles. The van der Waals surface area contributed by atoms with E-state index in [-0.39, 0.29) is 5.82 Å². The van der Waals surface area contributed by atoms with Crippen molar-refractivity contribution in [2.45, 2.75) is 0 Å². The molecule has 0 aliphatic carbocycles. The topological polar surface area (TPSA) is 58.3 Å². The van der Waals surface area contributed by atoms with E-state index < -0.39 is 0 Å². The summed E-state index contributed by atoms with van der Waals surface area (Å²) >= 11 is 0. The summed E-state index contributed by atoms with van der Waals surface area (Å²) in [6.07, 6.45) is 1.82. The quantitative estimate of drug-likeness (QED) is 0.787. The van der Waals surface area contributed by atoms with Crippen molar-refractivity contribution in [3.8, 4) is 11.3 Å². The van der Waals surface area contributed by atoms with Crippen LogP contribution in [0.3, 0.4) is 0 Å². The lowest BCUT2D eigenvalue weighted by Crippen LogP contribution is -2.46. The number of hydrogen-bond acceptors (Lipinski definition) is 5. The number of hydrogen-bond donors (Lipinski definition) is 1. The van der Waals surface area contributed by atoms with Crippen molar-refractivity contribution < 1.29 is 4.39 Å². The number of benzene rings is 1. The minimum Gasteiger partial charge on any atom is -0.384 e. The Hall–Kier alpha value is -3.15. The normalized spacial score (nSPS) is 14.5. The number of rotatable bonds is 3. The van der Waals surface area contributed by atoms with Crippen LogP contribution in [0.1, 0.15) is 0 Å². The molecule has 3 aromatic rings. The first-order valence-electron chi connectivity index (χ1n) is 8.63. The van der Waals surface area contributed by atoms with Gasteiger partial charge in [0.2, 0.25) is 0 Å². The number of nitrogens with two attached hydrogens (primary N) is 1. The molecule has 1 fully saturated rings. The van der Waals surface area contributed by atoms with Gasteiger partial charge in [0.1, 0.15) is 17.5 Å². The summed E-state index contributed by atoms with van der Waals surface area (Å²) in [7, 11) is 0. The van der Waals surface area contributed by atoms with Gasteiger partial charge in [-0.2, -0.15) is 0 Å². The minimum atomic E-state index is -0.261. The summed E-state index contributed by atoms with van der Waals surface area (Å²) in [6, 6.07) is 16.2. The summed E-state index contributed by atoms with van der Waals surface area (Å²) in [5.74, 6) is 1.21. The maximum atomic E-state index is 13.2. The van der Waals surface area contributed by atoms with Crippen LogP contribution in [-0.2, 0) is 0 Å². The van der Waals surface area contributed by atoms with Crippen molar-refractivity contribution in [3.05, 3.63) is 66.6 Å². The van der Waals surface area contributed by atoms with E-state index in [1.807, 2.05) is 36.5 Å². The van der Waals surface area contributed by atoms with Crippen LogP contribution in [0.15, 0.2) is 60.8 Å². The van der Waals surface area contributed by atoms with E-state index in [0.717, 1.165) is 48.9 Å². The smallest absolute Gasteiger partial charge is 0.128 e. The molecule has 1 saturated heterocycles.